The lowest BCUT2D eigenvalue weighted by Crippen LogP contribution is -1.49. The van der Waals surface area contributed by atoms with Crippen LogP contribution in [0.15, 0.2) is 13.2 Å². The van der Waals surface area contributed by atoms with E-state index in [4.69, 9.17) is 9.90 Å². The molecule has 0 bridgehead atoms. The third kappa shape index (κ3) is 66.4. The maximum Gasteiger partial charge on any atom is 0.290 e. The summed E-state index contributed by atoms with van der Waals surface area (Å²) in [5.74, 6) is 0. The maximum absolute atomic E-state index is 8.36. The van der Waals surface area contributed by atoms with E-state index in [9.17, 15) is 0 Å². The molecule has 0 aliphatic rings. The van der Waals surface area contributed by atoms with Crippen molar-refractivity contribution in [3.8, 4) is 0 Å². The van der Waals surface area contributed by atoms with Crippen molar-refractivity contribution in [2.24, 2.45) is 0 Å². The lowest BCUT2D eigenvalue weighted by molar-refractivity contribution is -0.122. The second-order valence-corrected chi connectivity index (χ2v) is 0.105. The molecule has 0 fully saturated rings. The van der Waals surface area contributed by atoms with Crippen molar-refractivity contribution in [3.05, 3.63) is 13.2 Å². The summed E-state index contributed by atoms with van der Waals surface area (Å²) in [6, 6.07) is 0. The minimum absolute atomic E-state index is 0. The van der Waals surface area contributed by atoms with Gasteiger partial charge in [0.1, 0.15) is 0 Å². The second kappa shape index (κ2) is 5180. The van der Waals surface area contributed by atoms with Crippen LogP contribution in [-0.2, 0) is 4.79 Å². The average molecular weight is 108 g/mol. The van der Waals surface area contributed by atoms with Gasteiger partial charge in [-0.1, -0.05) is 0 Å². The highest BCUT2D eigenvalue weighted by Crippen LogP contribution is 0.966. The fourth-order valence-electron chi connectivity index (χ4n) is 0. The van der Waals surface area contributed by atoms with Crippen LogP contribution in [-0.4, -0.2) is 11.6 Å². The third-order valence-corrected chi connectivity index (χ3v) is 0. The van der Waals surface area contributed by atoms with Gasteiger partial charge in [-0.15, -0.1) is 13.2 Å². The minimum atomic E-state index is -0.250. The van der Waals surface area contributed by atoms with Crippen molar-refractivity contribution >= 4 is 6.47 Å². The van der Waals surface area contributed by atoms with Gasteiger partial charge >= 0.3 is 0 Å². The first-order chi connectivity index (χ1) is 2.41. The van der Waals surface area contributed by atoms with E-state index in [1.165, 1.54) is 0 Å². The lowest BCUT2D eigenvalue weighted by atomic mass is 11.3. The van der Waals surface area contributed by atoms with Gasteiger partial charge in [0, 0.05) is 0 Å². The summed E-state index contributed by atoms with van der Waals surface area (Å²) in [6.45, 7) is 5.75. The van der Waals surface area contributed by atoms with Gasteiger partial charge < -0.3 is 17.4 Å². The molecule has 0 spiro atoms. The zero-order valence-corrected chi connectivity index (χ0v) is 4.26. The van der Waals surface area contributed by atoms with E-state index in [0.717, 1.165) is 0 Å². The summed E-state index contributed by atoms with van der Waals surface area (Å²) < 4.78 is 0. The van der Waals surface area contributed by atoms with Gasteiger partial charge in [0.05, 0.1) is 0 Å². The molecule has 0 aliphatic carbocycles. The lowest BCUT2D eigenvalue weighted by Gasteiger charge is -1.34. The van der Waals surface area contributed by atoms with Gasteiger partial charge in [-0.3, -0.25) is 4.79 Å². The maximum atomic E-state index is 8.36. The Bertz CT molecular complexity index is 24.9. The Kier molecular flexibility index (Phi) is 26300. The van der Waals surface area contributed by atoms with Gasteiger partial charge in [-0.05, 0) is 0 Å². The predicted octanol–water partition coefficient (Wildman–Crippen LogP) is 0.827. The molecule has 4 heteroatoms. The third-order valence-electron chi connectivity index (χ3n) is 0. The summed E-state index contributed by atoms with van der Waals surface area (Å²) in [5, 5.41) is 6.89. The zero-order chi connectivity index (χ0) is 4.71. The highest BCUT2D eigenvalue weighted by Gasteiger charge is 1.22. The van der Waals surface area contributed by atoms with Crippen molar-refractivity contribution in [2.45, 2.75) is 0 Å². The van der Waals surface area contributed by atoms with E-state index in [2.05, 4.69) is 13.2 Å². The molecule has 0 unspecified atom stereocenters. The Balaban J connectivity index is -0.0000000105. The number of hydrogen-bond donors (Lipinski definition) is 3. The number of carboxylic acid groups (broad SMARTS) is 1. The standard InChI is InChI=1S/C2H4.CH2O2.2H3N/c1-2;2-1-3;;/h1-2H2;1H,(H,2,3);2*1H3. The van der Waals surface area contributed by atoms with Crippen LogP contribution < -0.4 is 12.3 Å². The summed E-state index contributed by atoms with van der Waals surface area (Å²) in [6.07, 6.45) is 0. The van der Waals surface area contributed by atoms with Gasteiger partial charge in [0.25, 0.3) is 6.47 Å². The molecule has 0 aliphatic heterocycles. The second-order valence-electron chi connectivity index (χ2n) is 0.105. The van der Waals surface area contributed by atoms with E-state index in [1.807, 2.05) is 0 Å². The van der Waals surface area contributed by atoms with E-state index < -0.39 is 0 Å². The molecule has 0 rings (SSSR count). The Morgan fingerprint density at radius 1 is 1.29 bits per heavy atom. The SMILES string of the molecule is C=C.N.N.O=CO. The Labute approximate surface area is 43.0 Å². The summed E-state index contributed by atoms with van der Waals surface area (Å²) in [5.41, 5.74) is 0. The predicted molar refractivity (Wildman–Crippen MR) is 30.0 cm³/mol. The Morgan fingerprint density at radius 3 is 1.29 bits per heavy atom. The number of carbonyl (C=O) groups is 1. The quantitative estimate of drug-likeness (QED) is 0.315. The summed E-state index contributed by atoms with van der Waals surface area (Å²) >= 11 is 0. The van der Waals surface area contributed by atoms with Crippen molar-refractivity contribution < 1.29 is 9.90 Å². The van der Waals surface area contributed by atoms with Crippen molar-refractivity contribution in [1.29, 1.82) is 0 Å². The first-order valence-electron chi connectivity index (χ1n) is 0.994. The molecule has 4 nitrogen and oxygen atoms in total. The van der Waals surface area contributed by atoms with E-state index >= 15 is 0 Å². The van der Waals surface area contributed by atoms with Crippen molar-refractivity contribution in [1.82, 2.24) is 12.3 Å². The molecule has 0 saturated heterocycles. The molecule has 7 N–H and O–H groups in total. The molecular weight excluding hydrogens is 96.0 g/mol. The molecule has 7 heavy (non-hydrogen) atoms. The van der Waals surface area contributed by atoms with Gasteiger partial charge in [-0.25, -0.2) is 0 Å². The molecule has 0 aromatic rings. The topological polar surface area (TPSA) is 107 Å². The smallest absolute Gasteiger partial charge is 0.290 e. The van der Waals surface area contributed by atoms with Crippen LogP contribution in [0.2, 0.25) is 0 Å². The molecule has 0 atom stereocenters. The Hall–Kier alpha value is -0.870. The molecule has 46 valence electrons. The van der Waals surface area contributed by atoms with Crippen molar-refractivity contribution in [2.75, 3.05) is 0 Å². The largest absolute Gasteiger partial charge is 0.483 e. The van der Waals surface area contributed by atoms with E-state index in [0.29, 0.717) is 0 Å². The first-order valence-corrected chi connectivity index (χ1v) is 0.994. The monoisotopic (exact) mass is 108 g/mol. The molecule has 0 aromatic heterocycles. The molecule has 0 saturated carbocycles. The molecule has 0 amide bonds. The highest BCUT2D eigenvalue weighted by atomic mass is 16.3. The molecule has 0 radical (unpaired) electrons. The fourth-order valence-corrected chi connectivity index (χ4v) is 0. The fraction of sp³-hybridized carbons (Fsp3) is 0. The number of rotatable bonds is 0. The van der Waals surface area contributed by atoms with Gasteiger partial charge in [-0.2, -0.15) is 0 Å². The highest BCUT2D eigenvalue weighted by molar-refractivity contribution is 5.32. The summed E-state index contributed by atoms with van der Waals surface area (Å²) in [4.78, 5) is 8.36. The first kappa shape index (κ1) is 35.6. The van der Waals surface area contributed by atoms with Gasteiger partial charge in [0.2, 0.25) is 0 Å². The van der Waals surface area contributed by atoms with E-state index in [-0.39, 0.29) is 18.8 Å². The van der Waals surface area contributed by atoms with Crippen LogP contribution in [0.5, 0.6) is 0 Å². The minimum Gasteiger partial charge on any atom is -0.483 e. The van der Waals surface area contributed by atoms with Crippen LogP contribution in [0.4, 0.5) is 0 Å². The molecule has 0 heterocycles. The van der Waals surface area contributed by atoms with Crippen LogP contribution in [0.3, 0.4) is 0 Å². The van der Waals surface area contributed by atoms with Crippen molar-refractivity contribution in [3.63, 3.8) is 0 Å². The van der Waals surface area contributed by atoms with Gasteiger partial charge in [0.15, 0.2) is 0 Å². The number of hydrogen-bond acceptors (Lipinski definition) is 3. The summed E-state index contributed by atoms with van der Waals surface area (Å²) in [7, 11) is 0. The van der Waals surface area contributed by atoms with E-state index in [1.54, 1.807) is 0 Å². The van der Waals surface area contributed by atoms with Crippen LogP contribution in [0, 0.1) is 0 Å². The normalized spacial score (nSPS) is 2.29. The van der Waals surface area contributed by atoms with Crippen LogP contribution in [0.25, 0.3) is 0 Å². The average Bonchev–Trinajstić information content (AvgIpc) is 1.46. The van der Waals surface area contributed by atoms with Crippen LogP contribution in [0.1, 0.15) is 0 Å². The Morgan fingerprint density at radius 2 is 1.29 bits per heavy atom. The zero-order valence-electron chi connectivity index (χ0n) is 4.26. The molecule has 0 aromatic carbocycles. The van der Waals surface area contributed by atoms with Crippen LogP contribution >= 0.6 is 0 Å². The molecular formula is C3H12N2O2.